The minimum absolute atomic E-state index is 0.0846. The zero-order chi connectivity index (χ0) is 30.0. The molecule has 0 unspecified atom stereocenters. The van der Waals surface area contributed by atoms with Gasteiger partial charge in [-0.05, 0) is 6.42 Å². The smallest absolute Gasteiger partial charge is 0.460 e. The van der Waals surface area contributed by atoms with E-state index in [1.807, 2.05) is 20.8 Å². The van der Waals surface area contributed by atoms with Crippen LogP contribution in [0.25, 0.3) is 0 Å². The summed E-state index contributed by atoms with van der Waals surface area (Å²) >= 11 is 3.58. The molecule has 1 rings (SSSR count). The molecular formula is C18H19F13N2O2S3. The lowest BCUT2D eigenvalue weighted by atomic mass is 9.93. The number of nitrogens with zero attached hydrogens (tertiary/aromatic N) is 2. The number of carbonyl (C=O) groups is 1. The van der Waals surface area contributed by atoms with E-state index in [1.165, 1.54) is 23.1 Å². The van der Waals surface area contributed by atoms with Gasteiger partial charge in [0.2, 0.25) is 0 Å². The Balaban J connectivity index is 2.71. The van der Waals surface area contributed by atoms with Gasteiger partial charge in [0.15, 0.2) is 8.68 Å². The van der Waals surface area contributed by atoms with E-state index in [0.29, 0.717) is 8.68 Å². The highest BCUT2D eigenvalue weighted by Gasteiger charge is 2.90. The number of ether oxygens (including phenoxy) is 1. The largest absolute Gasteiger partial charge is 0.465 e. The Morgan fingerprint density at radius 1 is 0.816 bits per heavy atom. The molecule has 1 aromatic rings. The highest BCUT2D eigenvalue weighted by Crippen LogP contribution is 2.60. The monoisotopic (exact) mass is 638 g/mol. The summed E-state index contributed by atoms with van der Waals surface area (Å²) in [6.07, 6.45) is -9.79. The minimum atomic E-state index is -7.96. The second-order valence-electron chi connectivity index (χ2n) is 8.12. The summed E-state index contributed by atoms with van der Waals surface area (Å²) in [7, 11) is 0. The minimum Gasteiger partial charge on any atom is -0.465 e. The fourth-order valence-corrected chi connectivity index (χ4v) is 5.67. The summed E-state index contributed by atoms with van der Waals surface area (Å²) < 4.78 is 175. The van der Waals surface area contributed by atoms with Crippen LogP contribution in [-0.4, -0.2) is 69.1 Å². The van der Waals surface area contributed by atoms with Crippen molar-refractivity contribution in [3.63, 3.8) is 0 Å². The van der Waals surface area contributed by atoms with E-state index in [1.54, 1.807) is 0 Å². The predicted molar refractivity (Wildman–Crippen MR) is 112 cm³/mol. The Kier molecular flexibility index (Phi) is 10.8. The molecular weight excluding hydrogens is 619 g/mol. The number of alkyl halides is 13. The second kappa shape index (κ2) is 11.7. The van der Waals surface area contributed by atoms with Crippen LogP contribution in [-0.2, 0) is 9.53 Å². The van der Waals surface area contributed by atoms with Crippen LogP contribution in [0.15, 0.2) is 8.68 Å². The van der Waals surface area contributed by atoms with Crippen molar-refractivity contribution in [3.05, 3.63) is 0 Å². The lowest BCUT2D eigenvalue weighted by molar-refractivity contribution is -0.440. The van der Waals surface area contributed by atoms with Gasteiger partial charge in [0.1, 0.15) is 0 Å². The molecule has 0 fully saturated rings. The van der Waals surface area contributed by atoms with Crippen molar-refractivity contribution in [2.24, 2.45) is 0 Å². The topological polar surface area (TPSA) is 52.1 Å². The normalized spacial score (nSPS) is 14.6. The first-order valence-electron chi connectivity index (χ1n) is 10.1. The molecule has 0 atom stereocenters. The number of carbonyl (C=O) groups excluding carboxylic acids is 1. The van der Waals surface area contributed by atoms with Crippen molar-refractivity contribution in [1.29, 1.82) is 0 Å². The van der Waals surface area contributed by atoms with Gasteiger partial charge >= 0.3 is 41.8 Å². The van der Waals surface area contributed by atoms with Gasteiger partial charge in [-0.15, -0.1) is 10.2 Å². The van der Waals surface area contributed by atoms with Crippen molar-refractivity contribution in [3.8, 4) is 0 Å². The quantitative estimate of drug-likeness (QED) is 0.117. The number of halogens is 13. The number of rotatable bonds is 14. The molecule has 0 N–H and O–H groups in total. The van der Waals surface area contributed by atoms with E-state index >= 15 is 0 Å². The summed E-state index contributed by atoms with van der Waals surface area (Å²) in [5, 5.41) is 7.78. The first kappa shape index (κ1) is 34.8. The molecule has 0 spiro atoms. The van der Waals surface area contributed by atoms with Crippen LogP contribution in [0.4, 0.5) is 57.1 Å². The van der Waals surface area contributed by atoms with Gasteiger partial charge in [-0.2, -0.15) is 57.1 Å². The van der Waals surface area contributed by atoms with Crippen LogP contribution in [0.5, 0.6) is 0 Å². The van der Waals surface area contributed by atoms with E-state index in [9.17, 15) is 61.9 Å². The lowest BCUT2D eigenvalue weighted by Gasteiger charge is -2.39. The van der Waals surface area contributed by atoms with E-state index in [0.717, 1.165) is 18.2 Å². The zero-order valence-corrected chi connectivity index (χ0v) is 21.8. The van der Waals surface area contributed by atoms with Gasteiger partial charge in [0.25, 0.3) is 0 Å². The van der Waals surface area contributed by atoms with Crippen LogP contribution < -0.4 is 0 Å². The number of thioether (sulfide) groups is 2. The summed E-state index contributed by atoms with van der Waals surface area (Å²) in [6.45, 7) is 4.12. The number of esters is 1. The summed E-state index contributed by atoms with van der Waals surface area (Å²) in [4.78, 5) is 11.6. The highest BCUT2D eigenvalue weighted by atomic mass is 32.2. The SMILES string of the molecule is CCC(C)(C)Sc1nnc(SCCC(=O)OCCC(F)(F)C(F)(F)C(F)(F)C(F)(F)C(F)(F)C(F)(F)F)s1. The van der Waals surface area contributed by atoms with Gasteiger partial charge in [0.05, 0.1) is 19.4 Å². The Hall–Kier alpha value is -1.18. The summed E-state index contributed by atoms with van der Waals surface area (Å²) in [6, 6.07) is 0. The van der Waals surface area contributed by atoms with Crippen LogP contribution in [0.2, 0.25) is 0 Å². The van der Waals surface area contributed by atoms with Gasteiger partial charge in [-0.25, -0.2) is 0 Å². The summed E-state index contributed by atoms with van der Waals surface area (Å²) in [5.41, 5.74) is 0. The van der Waals surface area contributed by atoms with E-state index in [2.05, 4.69) is 14.9 Å². The zero-order valence-electron chi connectivity index (χ0n) is 19.4. The van der Waals surface area contributed by atoms with E-state index in [-0.39, 0.29) is 10.5 Å². The standard InChI is InChI=1S/C18H19F13N2O2S3/c1-4-12(2,3)38-11-33-32-10(37-11)36-8-5-9(34)35-7-6-13(19,20)14(21,22)15(23,24)16(25,26)17(27,28)18(29,30)31/h4-8H2,1-3H3. The second-order valence-corrected chi connectivity index (χ2v) is 12.4. The fourth-order valence-electron chi connectivity index (χ4n) is 2.15. The van der Waals surface area contributed by atoms with Crippen LogP contribution >= 0.6 is 34.9 Å². The van der Waals surface area contributed by atoms with Gasteiger partial charge in [-0.1, -0.05) is 55.6 Å². The van der Waals surface area contributed by atoms with Gasteiger partial charge in [0, 0.05) is 10.5 Å². The Morgan fingerprint density at radius 2 is 1.32 bits per heavy atom. The molecule has 0 bridgehead atoms. The molecule has 0 radical (unpaired) electrons. The van der Waals surface area contributed by atoms with Gasteiger partial charge < -0.3 is 4.74 Å². The maximum Gasteiger partial charge on any atom is 0.460 e. The van der Waals surface area contributed by atoms with Crippen molar-refractivity contribution in [2.45, 2.75) is 89.2 Å². The molecule has 1 heterocycles. The molecule has 38 heavy (non-hydrogen) atoms. The molecule has 0 amide bonds. The fraction of sp³-hybridized carbons (Fsp3) is 0.833. The number of aromatic nitrogens is 2. The average molecular weight is 639 g/mol. The van der Waals surface area contributed by atoms with Gasteiger partial charge in [-0.3, -0.25) is 4.79 Å². The average Bonchev–Trinajstić information content (AvgIpc) is 3.18. The molecule has 0 saturated carbocycles. The number of hydrogen-bond donors (Lipinski definition) is 0. The van der Waals surface area contributed by atoms with Crippen molar-refractivity contribution in [2.75, 3.05) is 12.4 Å². The number of hydrogen-bond acceptors (Lipinski definition) is 7. The Labute approximate surface area is 219 Å². The molecule has 4 nitrogen and oxygen atoms in total. The Bertz CT molecular complexity index is 952. The third kappa shape index (κ3) is 7.31. The molecule has 0 aliphatic carbocycles. The van der Waals surface area contributed by atoms with Crippen LogP contribution in [0.3, 0.4) is 0 Å². The third-order valence-electron chi connectivity index (χ3n) is 4.81. The third-order valence-corrected chi connectivity index (χ3v) is 8.26. The first-order valence-corrected chi connectivity index (χ1v) is 12.7. The molecule has 0 saturated heterocycles. The maximum absolute atomic E-state index is 13.7. The highest BCUT2D eigenvalue weighted by molar-refractivity contribution is 8.04. The molecule has 222 valence electrons. The maximum atomic E-state index is 13.7. The molecule has 1 aromatic heterocycles. The Morgan fingerprint density at radius 3 is 1.82 bits per heavy atom. The van der Waals surface area contributed by atoms with E-state index in [4.69, 9.17) is 0 Å². The molecule has 0 aromatic carbocycles. The van der Waals surface area contributed by atoms with Crippen molar-refractivity contribution >= 4 is 40.8 Å². The first-order chi connectivity index (χ1) is 16.9. The van der Waals surface area contributed by atoms with Crippen molar-refractivity contribution in [1.82, 2.24) is 10.2 Å². The summed E-state index contributed by atoms with van der Waals surface area (Å²) in [5.74, 6) is -38.7. The van der Waals surface area contributed by atoms with Crippen LogP contribution in [0, 0.1) is 0 Å². The molecule has 0 aliphatic heterocycles. The van der Waals surface area contributed by atoms with Crippen molar-refractivity contribution < 1.29 is 66.6 Å². The lowest BCUT2D eigenvalue weighted by Crippen LogP contribution is -2.70. The van der Waals surface area contributed by atoms with E-state index < -0.39 is 61.2 Å². The predicted octanol–water partition coefficient (Wildman–Crippen LogP) is 7.97. The van der Waals surface area contributed by atoms with Crippen LogP contribution in [0.1, 0.15) is 40.0 Å². The molecule has 0 aliphatic rings. The molecule has 20 heteroatoms.